The fourth-order valence-corrected chi connectivity index (χ4v) is 3.12. The first-order valence-corrected chi connectivity index (χ1v) is 9.26. The Kier molecular flexibility index (Phi) is 6.06. The van der Waals surface area contributed by atoms with E-state index in [-0.39, 0.29) is 10.7 Å². The number of nitro groups is 1. The van der Waals surface area contributed by atoms with E-state index in [1.165, 1.54) is 12.1 Å². The van der Waals surface area contributed by atoms with Crippen LogP contribution in [0.4, 0.5) is 22.7 Å². The normalized spacial score (nSPS) is 11.1. The van der Waals surface area contributed by atoms with Crippen molar-refractivity contribution in [1.82, 2.24) is 0 Å². The van der Waals surface area contributed by atoms with E-state index in [2.05, 4.69) is 35.9 Å². The van der Waals surface area contributed by atoms with Crippen molar-refractivity contribution in [3.05, 3.63) is 93.5 Å². The topological polar surface area (TPSA) is 58.7 Å². The number of aliphatic imine (C=N–C) groups is 1. The quantitative estimate of drug-likeness (QED) is 0.271. The SMILES string of the molecule is CC(C)N(c1ccccc1)c1ccc(N=Cc2ccc(Cl)c([N+](=O)[O-])c2)cc1. The van der Waals surface area contributed by atoms with Crippen molar-refractivity contribution in [3.63, 3.8) is 0 Å². The van der Waals surface area contributed by atoms with Gasteiger partial charge in [-0.25, -0.2) is 0 Å². The predicted molar refractivity (Wildman–Crippen MR) is 116 cm³/mol. The molecule has 0 amide bonds. The van der Waals surface area contributed by atoms with E-state index < -0.39 is 4.92 Å². The second-order valence-corrected chi connectivity index (χ2v) is 6.95. The summed E-state index contributed by atoms with van der Waals surface area (Å²) in [5, 5.41) is 11.1. The van der Waals surface area contributed by atoms with Gasteiger partial charge in [0.2, 0.25) is 0 Å². The summed E-state index contributed by atoms with van der Waals surface area (Å²) in [4.78, 5) is 17.2. The molecular formula is C22H20ClN3O2. The number of hydrogen-bond donors (Lipinski definition) is 0. The van der Waals surface area contributed by atoms with Crippen molar-refractivity contribution in [3.8, 4) is 0 Å². The Labute approximate surface area is 169 Å². The zero-order valence-corrected chi connectivity index (χ0v) is 16.4. The van der Waals surface area contributed by atoms with Gasteiger partial charge in [-0.1, -0.05) is 35.9 Å². The molecule has 5 nitrogen and oxygen atoms in total. The van der Waals surface area contributed by atoms with E-state index in [0.717, 1.165) is 17.1 Å². The first-order valence-electron chi connectivity index (χ1n) is 8.88. The monoisotopic (exact) mass is 393 g/mol. The fraction of sp³-hybridized carbons (Fsp3) is 0.136. The third-order valence-corrected chi connectivity index (χ3v) is 4.53. The molecule has 0 heterocycles. The van der Waals surface area contributed by atoms with Gasteiger partial charge in [-0.2, -0.15) is 0 Å². The molecule has 0 aliphatic heterocycles. The number of anilines is 2. The lowest BCUT2D eigenvalue weighted by Crippen LogP contribution is -2.25. The zero-order valence-electron chi connectivity index (χ0n) is 15.6. The maximum absolute atomic E-state index is 11.0. The molecule has 3 aromatic rings. The van der Waals surface area contributed by atoms with Crippen molar-refractivity contribution in [2.24, 2.45) is 4.99 Å². The number of para-hydroxylation sites is 1. The highest BCUT2D eigenvalue weighted by Gasteiger charge is 2.13. The second-order valence-electron chi connectivity index (χ2n) is 6.54. The number of benzene rings is 3. The van der Waals surface area contributed by atoms with Gasteiger partial charge in [0, 0.05) is 29.7 Å². The summed E-state index contributed by atoms with van der Waals surface area (Å²) < 4.78 is 0. The molecule has 0 bridgehead atoms. The number of nitro benzene ring substituents is 1. The highest BCUT2D eigenvalue weighted by atomic mass is 35.5. The Bertz CT molecular complexity index is 986. The van der Waals surface area contributed by atoms with Gasteiger partial charge < -0.3 is 4.90 Å². The predicted octanol–water partition coefficient (Wildman–Crippen LogP) is 6.55. The fourth-order valence-electron chi connectivity index (χ4n) is 2.93. The van der Waals surface area contributed by atoms with Gasteiger partial charge in [-0.05, 0) is 61.9 Å². The second kappa shape index (κ2) is 8.67. The van der Waals surface area contributed by atoms with Crippen LogP contribution in [0.3, 0.4) is 0 Å². The lowest BCUT2D eigenvalue weighted by molar-refractivity contribution is -0.384. The molecule has 142 valence electrons. The van der Waals surface area contributed by atoms with E-state index in [0.29, 0.717) is 11.6 Å². The zero-order chi connectivity index (χ0) is 20.1. The minimum atomic E-state index is -0.501. The summed E-state index contributed by atoms with van der Waals surface area (Å²) >= 11 is 5.84. The Morgan fingerprint density at radius 2 is 1.64 bits per heavy atom. The number of halogens is 1. The Morgan fingerprint density at radius 1 is 1.00 bits per heavy atom. The summed E-state index contributed by atoms with van der Waals surface area (Å²) in [6, 6.07) is 23.0. The average Bonchev–Trinajstić information content (AvgIpc) is 2.69. The van der Waals surface area contributed by atoms with Crippen molar-refractivity contribution < 1.29 is 4.92 Å². The van der Waals surface area contributed by atoms with Crippen LogP contribution >= 0.6 is 11.6 Å². The molecule has 0 atom stereocenters. The smallest absolute Gasteiger partial charge is 0.288 e. The molecule has 0 aliphatic rings. The first kappa shape index (κ1) is 19.6. The van der Waals surface area contributed by atoms with E-state index >= 15 is 0 Å². The van der Waals surface area contributed by atoms with E-state index in [1.54, 1.807) is 12.3 Å². The van der Waals surface area contributed by atoms with E-state index in [9.17, 15) is 10.1 Å². The molecule has 0 aliphatic carbocycles. The van der Waals surface area contributed by atoms with Crippen LogP contribution in [-0.4, -0.2) is 17.2 Å². The highest BCUT2D eigenvalue weighted by molar-refractivity contribution is 6.32. The van der Waals surface area contributed by atoms with Gasteiger partial charge in [-0.3, -0.25) is 15.1 Å². The number of nitrogens with zero attached hydrogens (tertiary/aromatic N) is 3. The van der Waals surface area contributed by atoms with Crippen LogP contribution in [0.5, 0.6) is 0 Å². The molecule has 0 unspecified atom stereocenters. The standard InChI is InChI=1S/C22H20ClN3O2/c1-16(2)25(19-6-4-3-5-7-19)20-11-9-18(10-12-20)24-15-17-8-13-21(23)22(14-17)26(27)28/h3-16H,1-2H3. The van der Waals surface area contributed by atoms with Crippen LogP contribution in [0.1, 0.15) is 19.4 Å². The van der Waals surface area contributed by atoms with Crippen LogP contribution in [-0.2, 0) is 0 Å². The average molecular weight is 394 g/mol. The minimum Gasteiger partial charge on any atom is -0.339 e. The molecule has 0 aromatic heterocycles. The molecule has 0 fully saturated rings. The van der Waals surface area contributed by atoms with Crippen LogP contribution in [0.15, 0.2) is 77.8 Å². The largest absolute Gasteiger partial charge is 0.339 e. The summed E-state index contributed by atoms with van der Waals surface area (Å²) in [6.07, 6.45) is 1.59. The Morgan fingerprint density at radius 3 is 2.25 bits per heavy atom. The van der Waals surface area contributed by atoms with Gasteiger partial charge in [0.25, 0.3) is 5.69 Å². The Balaban J connectivity index is 1.82. The lowest BCUT2D eigenvalue weighted by atomic mass is 10.2. The van der Waals surface area contributed by atoms with Crippen LogP contribution in [0.25, 0.3) is 0 Å². The highest BCUT2D eigenvalue weighted by Crippen LogP contribution is 2.29. The van der Waals surface area contributed by atoms with E-state index in [4.69, 9.17) is 11.6 Å². The van der Waals surface area contributed by atoms with Gasteiger partial charge in [0.15, 0.2) is 0 Å². The summed E-state index contributed by atoms with van der Waals surface area (Å²) in [6.45, 7) is 4.29. The van der Waals surface area contributed by atoms with Crippen molar-refractivity contribution in [1.29, 1.82) is 0 Å². The molecule has 0 N–H and O–H groups in total. The number of hydrogen-bond acceptors (Lipinski definition) is 4. The van der Waals surface area contributed by atoms with Crippen LogP contribution in [0.2, 0.25) is 5.02 Å². The van der Waals surface area contributed by atoms with Crippen molar-refractivity contribution in [2.45, 2.75) is 19.9 Å². The molecule has 3 aromatic carbocycles. The third-order valence-electron chi connectivity index (χ3n) is 4.21. The lowest BCUT2D eigenvalue weighted by Gasteiger charge is -2.29. The molecule has 3 rings (SSSR count). The minimum absolute atomic E-state index is 0.112. The molecule has 0 saturated heterocycles. The summed E-state index contributed by atoms with van der Waals surface area (Å²) in [7, 11) is 0. The van der Waals surface area contributed by atoms with Gasteiger partial charge in [-0.15, -0.1) is 0 Å². The van der Waals surface area contributed by atoms with Crippen molar-refractivity contribution >= 4 is 40.6 Å². The maximum Gasteiger partial charge on any atom is 0.288 e. The van der Waals surface area contributed by atoms with Crippen molar-refractivity contribution in [2.75, 3.05) is 4.90 Å². The van der Waals surface area contributed by atoms with Crippen LogP contribution in [0, 0.1) is 10.1 Å². The molecule has 28 heavy (non-hydrogen) atoms. The van der Waals surface area contributed by atoms with E-state index in [1.807, 2.05) is 42.5 Å². The molecule has 0 spiro atoms. The summed E-state index contributed by atoms with van der Waals surface area (Å²) in [5.74, 6) is 0. The third kappa shape index (κ3) is 4.56. The number of rotatable bonds is 6. The molecular weight excluding hydrogens is 374 g/mol. The molecule has 0 radical (unpaired) electrons. The Hall–Kier alpha value is -3.18. The van der Waals surface area contributed by atoms with Gasteiger partial charge >= 0.3 is 0 Å². The summed E-state index contributed by atoms with van der Waals surface area (Å²) in [5.41, 5.74) is 3.45. The maximum atomic E-state index is 11.0. The van der Waals surface area contributed by atoms with Crippen LogP contribution < -0.4 is 4.90 Å². The van der Waals surface area contributed by atoms with Gasteiger partial charge in [0.1, 0.15) is 5.02 Å². The van der Waals surface area contributed by atoms with Gasteiger partial charge in [0.05, 0.1) is 10.6 Å². The molecule has 6 heteroatoms. The first-order chi connectivity index (χ1) is 13.5. The molecule has 0 saturated carbocycles.